The summed E-state index contributed by atoms with van der Waals surface area (Å²) < 4.78 is 1.83. The van der Waals surface area contributed by atoms with Gasteiger partial charge < -0.3 is 15.7 Å². The van der Waals surface area contributed by atoms with E-state index in [0.717, 1.165) is 19.7 Å². The highest BCUT2D eigenvalue weighted by atomic mass is 16.4. The number of benzene rings is 2. The first kappa shape index (κ1) is 23.2. The fourth-order valence-corrected chi connectivity index (χ4v) is 3.68. The van der Waals surface area contributed by atoms with Gasteiger partial charge in [-0.2, -0.15) is 5.10 Å². The van der Waals surface area contributed by atoms with Crippen molar-refractivity contribution in [2.45, 2.75) is 13.1 Å². The standard InChI is InChI=1S/C23H20N6O6/c1-27(18-19(24)28(23(35)25-20(18)31)11-13-7-3-2-4-8-13)16(30)12-29-21(32)15-10-6-5-9-14(15)17(26-29)22(33)34/h2-10H,11-12,24H2,1H3,(H,33,34)(H,25,31,35). The number of carboxylic acid groups (broad SMARTS) is 1. The fourth-order valence-electron chi connectivity index (χ4n) is 3.68. The third kappa shape index (κ3) is 4.31. The minimum Gasteiger partial charge on any atom is -0.476 e. The number of carboxylic acids is 1. The summed E-state index contributed by atoms with van der Waals surface area (Å²) in [4.78, 5) is 65.5. The number of rotatable bonds is 6. The molecule has 0 atom stereocenters. The van der Waals surface area contributed by atoms with Crippen molar-refractivity contribution in [1.82, 2.24) is 19.3 Å². The number of aromatic carboxylic acids is 1. The Labute approximate surface area is 196 Å². The van der Waals surface area contributed by atoms with E-state index in [0.29, 0.717) is 0 Å². The van der Waals surface area contributed by atoms with Crippen molar-refractivity contribution >= 4 is 34.2 Å². The van der Waals surface area contributed by atoms with E-state index < -0.39 is 40.9 Å². The van der Waals surface area contributed by atoms with E-state index in [1.54, 1.807) is 42.5 Å². The predicted molar refractivity (Wildman–Crippen MR) is 128 cm³/mol. The van der Waals surface area contributed by atoms with Crippen LogP contribution in [0.5, 0.6) is 0 Å². The molecule has 1 amide bonds. The molecule has 0 bridgehead atoms. The molecule has 0 fully saturated rings. The molecular formula is C23H20N6O6. The highest BCUT2D eigenvalue weighted by Gasteiger charge is 2.23. The lowest BCUT2D eigenvalue weighted by Crippen LogP contribution is -2.42. The van der Waals surface area contributed by atoms with Crippen LogP contribution in [-0.2, 0) is 17.9 Å². The SMILES string of the molecule is CN(C(=O)Cn1nc(C(=O)O)c2ccccc2c1=O)c1c(N)n(Cc2ccccc2)c(=O)[nH]c1=O. The summed E-state index contributed by atoms with van der Waals surface area (Å²) in [5.41, 5.74) is 3.85. The van der Waals surface area contributed by atoms with Crippen molar-refractivity contribution in [3.05, 3.63) is 97.0 Å². The monoisotopic (exact) mass is 476 g/mol. The van der Waals surface area contributed by atoms with Crippen LogP contribution in [0.25, 0.3) is 10.8 Å². The number of aromatic nitrogens is 4. The third-order valence-corrected chi connectivity index (χ3v) is 5.46. The predicted octanol–water partition coefficient (Wildman–Crippen LogP) is 0.238. The van der Waals surface area contributed by atoms with Crippen LogP contribution >= 0.6 is 0 Å². The molecular weight excluding hydrogens is 456 g/mol. The molecule has 0 saturated heterocycles. The highest BCUT2D eigenvalue weighted by Crippen LogP contribution is 2.17. The number of anilines is 2. The molecule has 0 radical (unpaired) electrons. The lowest BCUT2D eigenvalue weighted by Gasteiger charge is -2.20. The molecule has 4 aromatic rings. The average Bonchev–Trinajstić information content (AvgIpc) is 2.83. The van der Waals surface area contributed by atoms with Gasteiger partial charge in [-0.25, -0.2) is 14.3 Å². The summed E-state index contributed by atoms with van der Waals surface area (Å²) in [5, 5.41) is 13.5. The van der Waals surface area contributed by atoms with Gasteiger partial charge in [-0.05, 0) is 11.6 Å². The number of nitrogens with zero attached hydrogens (tertiary/aromatic N) is 4. The fraction of sp³-hybridized carbons (Fsp3) is 0.130. The number of aromatic amines is 1. The number of carbonyl (C=O) groups excluding carboxylic acids is 1. The van der Waals surface area contributed by atoms with Crippen molar-refractivity contribution in [2.75, 3.05) is 17.7 Å². The second kappa shape index (κ2) is 9.09. The Balaban J connectivity index is 1.73. The number of nitrogens with one attached hydrogen (secondary N) is 1. The topological polar surface area (TPSA) is 173 Å². The van der Waals surface area contributed by atoms with E-state index in [9.17, 15) is 29.1 Å². The average molecular weight is 476 g/mol. The van der Waals surface area contributed by atoms with Crippen LogP contribution < -0.4 is 27.4 Å². The molecule has 12 heteroatoms. The zero-order valence-corrected chi connectivity index (χ0v) is 18.5. The zero-order valence-electron chi connectivity index (χ0n) is 18.5. The van der Waals surface area contributed by atoms with Crippen molar-refractivity contribution < 1.29 is 14.7 Å². The number of H-pyrrole nitrogens is 1. The van der Waals surface area contributed by atoms with Crippen LogP contribution in [0.2, 0.25) is 0 Å². The van der Waals surface area contributed by atoms with Crippen LogP contribution in [0.4, 0.5) is 11.5 Å². The molecule has 35 heavy (non-hydrogen) atoms. The first-order valence-corrected chi connectivity index (χ1v) is 10.3. The molecule has 2 heterocycles. The maximum Gasteiger partial charge on any atom is 0.357 e. The Morgan fingerprint density at radius 1 is 1.03 bits per heavy atom. The first-order valence-electron chi connectivity index (χ1n) is 10.3. The van der Waals surface area contributed by atoms with E-state index in [2.05, 4.69) is 10.1 Å². The third-order valence-electron chi connectivity index (χ3n) is 5.46. The summed E-state index contributed by atoms with van der Waals surface area (Å²) >= 11 is 0. The van der Waals surface area contributed by atoms with Crippen LogP contribution in [-0.4, -0.2) is 43.4 Å². The molecule has 2 aromatic heterocycles. The maximum absolute atomic E-state index is 13.0. The molecule has 0 aliphatic heterocycles. The van der Waals surface area contributed by atoms with E-state index >= 15 is 0 Å². The molecule has 0 aliphatic rings. The molecule has 4 N–H and O–H groups in total. The Kier molecular flexibility index (Phi) is 6.02. The lowest BCUT2D eigenvalue weighted by atomic mass is 10.1. The Morgan fingerprint density at radius 3 is 2.31 bits per heavy atom. The second-order valence-corrected chi connectivity index (χ2v) is 7.68. The van der Waals surface area contributed by atoms with Crippen molar-refractivity contribution in [1.29, 1.82) is 0 Å². The van der Waals surface area contributed by atoms with Gasteiger partial charge in [0.15, 0.2) is 11.4 Å². The molecule has 2 aromatic carbocycles. The largest absolute Gasteiger partial charge is 0.476 e. The van der Waals surface area contributed by atoms with E-state index in [1.165, 1.54) is 19.2 Å². The van der Waals surface area contributed by atoms with Crippen molar-refractivity contribution in [3.8, 4) is 0 Å². The lowest BCUT2D eigenvalue weighted by molar-refractivity contribution is -0.119. The summed E-state index contributed by atoms with van der Waals surface area (Å²) in [5.74, 6) is -2.40. The van der Waals surface area contributed by atoms with Crippen LogP contribution in [0.3, 0.4) is 0 Å². The minimum absolute atomic E-state index is 0.0466. The summed E-state index contributed by atoms with van der Waals surface area (Å²) in [7, 11) is 1.25. The number of nitrogens with two attached hydrogens (primary N) is 1. The van der Waals surface area contributed by atoms with Gasteiger partial charge in [0.2, 0.25) is 5.91 Å². The first-order chi connectivity index (χ1) is 16.7. The maximum atomic E-state index is 13.0. The number of nitrogen functional groups attached to an aromatic ring is 1. The summed E-state index contributed by atoms with van der Waals surface area (Å²) in [6.45, 7) is -0.623. The minimum atomic E-state index is -1.37. The zero-order chi connectivity index (χ0) is 25.3. The summed E-state index contributed by atoms with van der Waals surface area (Å²) in [6.07, 6.45) is 0. The Morgan fingerprint density at radius 2 is 1.66 bits per heavy atom. The van der Waals surface area contributed by atoms with Gasteiger partial charge >= 0.3 is 11.7 Å². The van der Waals surface area contributed by atoms with E-state index in [4.69, 9.17) is 5.73 Å². The molecule has 0 spiro atoms. The van der Waals surface area contributed by atoms with Crippen LogP contribution in [0.15, 0.2) is 69.0 Å². The van der Waals surface area contributed by atoms with Gasteiger partial charge in [-0.3, -0.25) is 23.9 Å². The number of carbonyl (C=O) groups is 2. The van der Waals surface area contributed by atoms with Gasteiger partial charge in [-0.15, -0.1) is 0 Å². The van der Waals surface area contributed by atoms with Gasteiger partial charge in [-0.1, -0.05) is 48.5 Å². The van der Waals surface area contributed by atoms with Crippen molar-refractivity contribution in [2.24, 2.45) is 0 Å². The summed E-state index contributed by atoms with van der Waals surface area (Å²) in [6, 6.07) is 14.9. The Bertz CT molecular complexity index is 1640. The van der Waals surface area contributed by atoms with Crippen LogP contribution in [0, 0.1) is 0 Å². The highest BCUT2D eigenvalue weighted by molar-refractivity contribution is 6.01. The number of fused-ring (bicyclic) bond motifs is 1. The molecule has 0 unspecified atom stereocenters. The van der Waals surface area contributed by atoms with Crippen molar-refractivity contribution in [3.63, 3.8) is 0 Å². The molecule has 0 aliphatic carbocycles. The van der Waals surface area contributed by atoms with E-state index in [1.807, 2.05) is 0 Å². The number of likely N-dealkylation sites (N-methyl/N-ethyl adjacent to an activating group) is 1. The smallest absolute Gasteiger partial charge is 0.357 e. The van der Waals surface area contributed by atoms with Gasteiger partial charge in [0, 0.05) is 12.4 Å². The normalized spacial score (nSPS) is 10.9. The number of hydrogen-bond acceptors (Lipinski definition) is 7. The molecule has 178 valence electrons. The quantitative estimate of drug-likeness (QED) is 0.355. The van der Waals surface area contributed by atoms with Gasteiger partial charge in [0.05, 0.1) is 11.9 Å². The Hall–Kier alpha value is -5.00. The van der Waals surface area contributed by atoms with Gasteiger partial charge in [0.1, 0.15) is 12.4 Å². The molecule has 4 rings (SSSR count). The molecule has 0 saturated carbocycles. The number of amides is 1. The van der Waals surface area contributed by atoms with E-state index in [-0.39, 0.29) is 28.8 Å². The number of hydrogen-bond donors (Lipinski definition) is 3. The molecule has 12 nitrogen and oxygen atoms in total. The van der Waals surface area contributed by atoms with Crippen LogP contribution in [0.1, 0.15) is 16.1 Å². The van der Waals surface area contributed by atoms with Gasteiger partial charge in [0.25, 0.3) is 11.1 Å². The second-order valence-electron chi connectivity index (χ2n) is 7.68.